The summed E-state index contributed by atoms with van der Waals surface area (Å²) in [5, 5.41) is 13.0. The number of aromatic carboxylic acids is 1. The molecule has 2 unspecified atom stereocenters. The first-order chi connectivity index (χ1) is 9.97. The van der Waals surface area contributed by atoms with Gasteiger partial charge in [0.15, 0.2) is 0 Å². The van der Waals surface area contributed by atoms with Crippen LogP contribution >= 0.6 is 0 Å². The minimum absolute atomic E-state index is 0.154. The number of carboxylic acids is 1. The molecule has 21 heavy (non-hydrogen) atoms. The summed E-state index contributed by atoms with van der Waals surface area (Å²) >= 11 is 0. The average Bonchev–Trinajstić information content (AvgIpc) is 2.44. The molecule has 2 aromatic rings. The summed E-state index contributed by atoms with van der Waals surface area (Å²) in [7, 11) is -0.800. The molecular weight excluding hydrogens is 288 g/mol. The molecule has 0 bridgehead atoms. The molecule has 0 amide bonds. The predicted molar refractivity (Wildman–Crippen MR) is 85.3 cm³/mol. The standard InChI is InChI=1S/C15H18N2O3S/c1-10(8-9-21(2)20)16-14-7-6-11-12(15(18)19)4-3-5-13(11)17-14/h3-7,10H,8-9H2,1-2H3,(H,16,17)(H,18,19). The lowest BCUT2D eigenvalue weighted by Gasteiger charge is -2.14. The third-order valence-corrected chi connectivity index (χ3v) is 4.01. The van der Waals surface area contributed by atoms with Crippen molar-refractivity contribution in [3.05, 3.63) is 35.9 Å². The monoisotopic (exact) mass is 306 g/mol. The van der Waals surface area contributed by atoms with E-state index >= 15 is 0 Å². The first-order valence-corrected chi connectivity index (χ1v) is 8.39. The molecule has 1 heterocycles. The topological polar surface area (TPSA) is 79.3 Å². The minimum atomic E-state index is -0.957. The van der Waals surface area contributed by atoms with Gasteiger partial charge in [-0.2, -0.15) is 0 Å². The number of aromatic nitrogens is 1. The lowest BCUT2D eigenvalue weighted by Crippen LogP contribution is -2.18. The molecule has 5 nitrogen and oxygen atoms in total. The molecule has 0 spiro atoms. The Labute approximate surface area is 125 Å². The molecule has 2 N–H and O–H groups in total. The molecule has 1 aromatic carbocycles. The zero-order chi connectivity index (χ0) is 15.4. The Bertz CT molecular complexity index is 688. The molecule has 0 fully saturated rings. The highest BCUT2D eigenvalue weighted by Crippen LogP contribution is 2.20. The molecule has 0 aliphatic carbocycles. The van der Waals surface area contributed by atoms with Crippen molar-refractivity contribution in [3.63, 3.8) is 0 Å². The van der Waals surface area contributed by atoms with Crippen LogP contribution in [0.2, 0.25) is 0 Å². The van der Waals surface area contributed by atoms with E-state index in [9.17, 15) is 9.00 Å². The summed E-state index contributed by atoms with van der Waals surface area (Å²) in [5.41, 5.74) is 0.896. The smallest absolute Gasteiger partial charge is 0.336 e. The van der Waals surface area contributed by atoms with Crippen molar-refractivity contribution in [2.45, 2.75) is 19.4 Å². The molecule has 2 rings (SSSR count). The number of hydrogen-bond acceptors (Lipinski definition) is 4. The van der Waals surface area contributed by atoms with Crippen molar-refractivity contribution in [2.75, 3.05) is 17.3 Å². The third-order valence-electron chi connectivity index (χ3n) is 3.19. The molecule has 112 valence electrons. The summed E-state index contributed by atoms with van der Waals surface area (Å²) in [6.07, 6.45) is 2.48. The Kier molecular flexibility index (Phi) is 4.90. The zero-order valence-electron chi connectivity index (χ0n) is 12.0. The van der Waals surface area contributed by atoms with Crippen LogP contribution in [-0.2, 0) is 10.8 Å². The molecule has 1 aromatic heterocycles. The zero-order valence-corrected chi connectivity index (χ0v) is 12.8. The number of rotatable bonds is 6. The van der Waals surface area contributed by atoms with Crippen LogP contribution in [0.3, 0.4) is 0 Å². The third kappa shape index (κ3) is 4.01. The molecule has 0 saturated carbocycles. The lowest BCUT2D eigenvalue weighted by atomic mass is 10.1. The van der Waals surface area contributed by atoms with Gasteiger partial charge < -0.3 is 10.4 Å². The van der Waals surface area contributed by atoms with Crippen molar-refractivity contribution in [2.24, 2.45) is 0 Å². The number of fused-ring (bicyclic) bond motifs is 1. The fourth-order valence-electron chi connectivity index (χ4n) is 2.09. The van der Waals surface area contributed by atoms with Gasteiger partial charge in [-0.1, -0.05) is 6.07 Å². The highest BCUT2D eigenvalue weighted by atomic mass is 32.2. The van der Waals surface area contributed by atoms with Crippen LogP contribution < -0.4 is 5.32 Å². The van der Waals surface area contributed by atoms with Crippen LogP contribution in [0.1, 0.15) is 23.7 Å². The van der Waals surface area contributed by atoms with Crippen LogP contribution in [0.25, 0.3) is 10.9 Å². The molecule has 2 atom stereocenters. The van der Waals surface area contributed by atoms with Crippen LogP contribution in [0, 0.1) is 0 Å². The molecule has 6 heteroatoms. The van der Waals surface area contributed by atoms with E-state index in [1.165, 1.54) is 0 Å². The second-order valence-corrected chi connectivity index (χ2v) is 6.54. The number of carboxylic acid groups (broad SMARTS) is 1. The second kappa shape index (κ2) is 6.67. The van der Waals surface area contributed by atoms with Crippen molar-refractivity contribution >= 4 is 33.5 Å². The van der Waals surface area contributed by atoms with E-state index in [0.29, 0.717) is 22.5 Å². The number of benzene rings is 1. The van der Waals surface area contributed by atoms with Crippen LogP contribution in [0.15, 0.2) is 30.3 Å². The first-order valence-electron chi connectivity index (χ1n) is 6.67. The van der Waals surface area contributed by atoms with Gasteiger partial charge in [-0.05, 0) is 37.6 Å². The highest BCUT2D eigenvalue weighted by Gasteiger charge is 2.10. The Hall–Kier alpha value is -1.95. The number of anilines is 1. The van der Waals surface area contributed by atoms with Gasteiger partial charge in [-0.3, -0.25) is 4.21 Å². The van der Waals surface area contributed by atoms with Crippen molar-refractivity contribution < 1.29 is 14.1 Å². The van der Waals surface area contributed by atoms with Gasteiger partial charge in [0.2, 0.25) is 0 Å². The summed E-state index contributed by atoms with van der Waals surface area (Å²) in [6, 6.07) is 8.73. The molecule has 0 aliphatic heterocycles. The van der Waals surface area contributed by atoms with E-state index in [1.807, 2.05) is 6.92 Å². The summed E-state index contributed by atoms with van der Waals surface area (Å²) in [4.78, 5) is 15.6. The van der Waals surface area contributed by atoms with E-state index in [2.05, 4.69) is 10.3 Å². The summed E-state index contributed by atoms with van der Waals surface area (Å²) in [6.45, 7) is 2.01. The van der Waals surface area contributed by atoms with E-state index < -0.39 is 16.8 Å². The maximum atomic E-state index is 11.2. The van der Waals surface area contributed by atoms with Gasteiger partial charge in [0.05, 0.1) is 11.1 Å². The number of carbonyl (C=O) groups is 1. The van der Waals surface area contributed by atoms with Gasteiger partial charge in [-0.15, -0.1) is 0 Å². The Morgan fingerprint density at radius 1 is 1.38 bits per heavy atom. The van der Waals surface area contributed by atoms with E-state index in [4.69, 9.17) is 5.11 Å². The quantitative estimate of drug-likeness (QED) is 0.857. The SMILES string of the molecule is CC(CCS(C)=O)Nc1ccc2c(C(=O)O)cccc2n1. The number of pyridine rings is 1. The minimum Gasteiger partial charge on any atom is -0.478 e. The Morgan fingerprint density at radius 2 is 2.14 bits per heavy atom. The fraction of sp³-hybridized carbons (Fsp3) is 0.333. The van der Waals surface area contributed by atoms with E-state index in [-0.39, 0.29) is 11.6 Å². The van der Waals surface area contributed by atoms with Crippen LogP contribution in [-0.4, -0.2) is 38.3 Å². The number of nitrogens with one attached hydrogen (secondary N) is 1. The van der Waals surface area contributed by atoms with E-state index in [1.54, 1.807) is 36.6 Å². The predicted octanol–water partition coefficient (Wildman–Crippen LogP) is 2.50. The van der Waals surface area contributed by atoms with Crippen molar-refractivity contribution in [1.29, 1.82) is 0 Å². The lowest BCUT2D eigenvalue weighted by molar-refractivity contribution is 0.0699. The first kappa shape index (κ1) is 15.4. The maximum absolute atomic E-state index is 11.2. The highest BCUT2D eigenvalue weighted by molar-refractivity contribution is 7.84. The van der Waals surface area contributed by atoms with Crippen molar-refractivity contribution in [1.82, 2.24) is 4.98 Å². The summed E-state index contributed by atoms with van der Waals surface area (Å²) in [5.74, 6) is 0.381. The largest absolute Gasteiger partial charge is 0.478 e. The average molecular weight is 306 g/mol. The molecule has 0 saturated heterocycles. The van der Waals surface area contributed by atoms with Crippen LogP contribution in [0.4, 0.5) is 5.82 Å². The van der Waals surface area contributed by atoms with Gasteiger partial charge >= 0.3 is 5.97 Å². The normalized spacial score (nSPS) is 13.8. The number of hydrogen-bond donors (Lipinski definition) is 2. The molecule has 0 radical (unpaired) electrons. The molecule has 0 aliphatic rings. The van der Waals surface area contributed by atoms with E-state index in [0.717, 1.165) is 6.42 Å². The van der Waals surface area contributed by atoms with Crippen molar-refractivity contribution in [3.8, 4) is 0 Å². The molecular formula is C15H18N2O3S. The van der Waals surface area contributed by atoms with Gasteiger partial charge in [0.1, 0.15) is 5.82 Å². The van der Waals surface area contributed by atoms with Gasteiger partial charge in [0.25, 0.3) is 0 Å². The Balaban J connectivity index is 2.20. The second-order valence-electron chi connectivity index (χ2n) is 4.99. The summed E-state index contributed by atoms with van der Waals surface area (Å²) < 4.78 is 11.1. The maximum Gasteiger partial charge on any atom is 0.336 e. The Morgan fingerprint density at radius 3 is 2.81 bits per heavy atom. The van der Waals surface area contributed by atoms with Gasteiger partial charge in [-0.25, -0.2) is 9.78 Å². The number of nitrogens with zero attached hydrogens (tertiary/aromatic N) is 1. The van der Waals surface area contributed by atoms with Crippen LogP contribution in [0.5, 0.6) is 0 Å². The van der Waals surface area contributed by atoms with Gasteiger partial charge in [0, 0.05) is 34.2 Å². The fourth-order valence-corrected chi connectivity index (χ4v) is 2.77.